The van der Waals surface area contributed by atoms with E-state index in [-0.39, 0.29) is 5.91 Å². The molecule has 0 aromatic heterocycles. The predicted molar refractivity (Wildman–Crippen MR) is 73.3 cm³/mol. The lowest BCUT2D eigenvalue weighted by molar-refractivity contribution is -0.139. The van der Waals surface area contributed by atoms with E-state index >= 15 is 0 Å². The molecule has 0 spiro atoms. The molecule has 1 saturated heterocycles. The van der Waals surface area contributed by atoms with Gasteiger partial charge in [0.25, 0.3) is 0 Å². The quantitative estimate of drug-likeness (QED) is 0.804. The average Bonchev–Trinajstić information content (AvgIpc) is 2.39. The molecule has 4 nitrogen and oxygen atoms in total. The van der Waals surface area contributed by atoms with Crippen LogP contribution >= 0.6 is 0 Å². The normalized spacial score (nSPS) is 25.9. The van der Waals surface area contributed by atoms with Crippen molar-refractivity contribution in [1.29, 1.82) is 0 Å². The van der Waals surface area contributed by atoms with E-state index in [1.54, 1.807) is 0 Å². The standard InChI is InChI=1S/C14H27N3O/c1-16-10-6-12(7-11-16)17(2)13(18)14(15)8-4-3-5-9-14/h12H,3-11,15H2,1-2H3. The van der Waals surface area contributed by atoms with E-state index in [0.29, 0.717) is 6.04 Å². The second-order valence-electron chi connectivity index (χ2n) is 6.17. The van der Waals surface area contributed by atoms with E-state index in [2.05, 4.69) is 11.9 Å². The van der Waals surface area contributed by atoms with Crippen LogP contribution in [0, 0.1) is 0 Å². The Labute approximate surface area is 110 Å². The number of hydrogen-bond acceptors (Lipinski definition) is 3. The summed E-state index contributed by atoms with van der Waals surface area (Å²) < 4.78 is 0. The summed E-state index contributed by atoms with van der Waals surface area (Å²) in [6.07, 6.45) is 7.31. The van der Waals surface area contributed by atoms with Gasteiger partial charge in [0.1, 0.15) is 0 Å². The summed E-state index contributed by atoms with van der Waals surface area (Å²) in [7, 11) is 4.09. The summed E-state index contributed by atoms with van der Waals surface area (Å²) in [6.45, 7) is 2.17. The average molecular weight is 253 g/mol. The van der Waals surface area contributed by atoms with Crippen molar-refractivity contribution in [3.05, 3.63) is 0 Å². The lowest BCUT2D eigenvalue weighted by atomic mass is 9.81. The van der Waals surface area contributed by atoms with Gasteiger partial charge >= 0.3 is 0 Å². The highest BCUT2D eigenvalue weighted by atomic mass is 16.2. The summed E-state index contributed by atoms with van der Waals surface area (Å²) in [6, 6.07) is 0.385. The molecule has 104 valence electrons. The molecule has 2 aliphatic rings. The van der Waals surface area contributed by atoms with Crippen molar-refractivity contribution in [1.82, 2.24) is 9.80 Å². The van der Waals surface area contributed by atoms with Crippen molar-refractivity contribution in [2.45, 2.75) is 56.5 Å². The van der Waals surface area contributed by atoms with Crippen molar-refractivity contribution in [3.63, 3.8) is 0 Å². The molecule has 1 heterocycles. The Morgan fingerprint density at radius 2 is 1.78 bits per heavy atom. The zero-order valence-electron chi connectivity index (χ0n) is 11.8. The molecule has 0 bridgehead atoms. The molecule has 2 fully saturated rings. The minimum absolute atomic E-state index is 0.178. The monoisotopic (exact) mass is 253 g/mol. The molecule has 0 aromatic rings. The first kappa shape index (κ1) is 13.8. The molecule has 1 amide bonds. The second kappa shape index (κ2) is 5.57. The van der Waals surface area contributed by atoms with Crippen LogP contribution in [0.3, 0.4) is 0 Å². The first-order valence-corrected chi connectivity index (χ1v) is 7.28. The lowest BCUT2D eigenvalue weighted by Crippen LogP contribution is -2.58. The number of hydrogen-bond donors (Lipinski definition) is 1. The van der Waals surface area contributed by atoms with E-state index in [4.69, 9.17) is 5.73 Å². The summed E-state index contributed by atoms with van der Waals surface area (Å²) >= 11 is 0. The second-order valence-corrected chi connectivity index (χ2v) is 6.17. The maximum atomic E-state index is 12.6. The van der Waals surface area contributed by atoms with Crippen LogP contribution in [0.5, 0.6) is 0 Å². The van der Waals surface area contributed by atoms with Crippen molar-refractivity contribution in [3.8, 4) is 0 Å². The zero-order chi connectivity index (χ0) is 13.2. The van der Waals surface area contributed by atoms with Gasteiger partial charge in [-0.2, -0.15) is 0 Å². The number of rotatable bonds is 2. The van der Waals surface area contributed by atoms with Gasteiger partial charge in [-0.15, -0.1) is 0 Å². The minimum atomic E-state index is -0.573. The Balaban J connectivity index is 1.95. The Morgan fingerprint density at radius 1 is 1.22 bits per heavy atom. The summed E-state index contributed by atoms with van der Waals surface area (Å²) in [5, 5.41) is 0. The third-order valence-electron chi connectivity index (χ3n) is 4.73. The van der Waals surface area contributed by atoms with Gasteiger partial charge in [-0.1, -0.05) is 19.3 Å². The van der Waals surface area contributed by atoms with Gasteiger partial charge in [0, 0.05) is 13.1 Å². The molecule has 2 N–H and O–H groups in total. The number of nitrogens with zero attached hydrogens (tertiary/aromatic N) is 2. The van der Waals surface area contributed by atoms with Crippen LogP contribution in [-0.4, -0.2) is 54.5 Å². The number of amides is 1. The summed E-state index contributed by atoms with van der Waals surface area (Å²) in [4.78, 5) is 16.9. The van der Waals surface area contributed by atoms with Gasteiger partial charge in [0.05, 0.1) is 5.54 Å². The van der Waals surface area contributed by atoms with E-state index in [0.717, 1.165) is 51.6 Å². The van der Waals surface area contributed by atoms with E-state index < -0.39 is 5.54 Å². The van der Waals surface area contributed by atoms with Crippen LogP contribution < -0.4 is 5.73 Å². The number of piperidine rings is 1. The molecule has 1 saturated carbocycles. The molecule has 0 radical (unpaired) electrons. The maximum Gasteiger partial charge on any atom is 0.242 e. The fourth-order valence-corrected chi connectivity index (χ4v) is 3.30. The van der Waals surface area contributed by atoms with Gasteiger partial charge < -0.3 is 15.5 Å². The Kier molecular flexibility index (Phi) is 4.28. The van der Waals surface area contributed by atoms with E-state index in [9.17, 15) is 4.79 Å². The zero-order valence-corrected chi connectivity index (χ0v) is 11.8. The van der Waals surface area contributed by atoms with Crippen molar-refractivity contribution in [2.75, 3.05) is 27.2 Å². The minimum Gasteiger partial charge on any atom is -0.341 e. The number of carbonyl (C=O) groups is 1. The van der Waals surface area contributed by atoms with Crippen LogP contribution in [0.25, 0.3) is 0 Å². The Bertz CT molecular complexity index is 291. The van der Waals surface area contributed by atoms with Crippen LogP contribution in [0.1, 0.15) is 44.9 Å². The first-order chi connectivity index (χ1) is 8.53. The first-order valence-electron chi connectivity index (χ1n) is 7.28. The fourth-order valence-electron chi connectivity index (χ4n) is 3.30. The van der Waals surface area contributed by atoms with Crippen molar-refractivity contribution < 1.29 is 4.79 Å². The van der Waals surface area contributed by atoms with Crippen molar-refractivity contribution in [2.24, 2.45) is 5.73 Å². The van der Waals surface area contributed by atoms with Crippen LogP contribution in [-0.2, 0) is 4.79 Å². The van der Waals surface area contributed by atoms with Gasteiger partial charge in [0.15, 0.2) is 0 Å². The van der Waals surface area contributed by atoms with Crippen LogP contribution in [0.2, 0.25) is 0 Å². The number of nitrogens with two attached hydrogens (primary N) is 1. The predicted octanol–water partition coefficient (Wildman–Crippen LogP) is 1.20. The molecule has 2 rings (SSSR count). The maximum absolute atomic E-state index is 12.6. The fraction of sp³-hybridized carbons (Fsp3) is 0.929. The van der Waals surface area contributed by atoms with Crippen molar-refractivity contribution >= 4 is 5.91 Å². The molecule has 4 heteroatoms. The molecule has 18 heavy (non-hydrogen) atoms. The van der Waals surface area contributed by atoms with Gasteiger partial charge in [-0.25, -0.2) is 0 Å². The SMILES string of the molecule is CN1CCC(N(C)C(=O)C2(N)CCCCC2)CC1. The number of likely N-dealkylation sites (tertiary alicyclic amines) is 1. The molecule has 0 unspecified atom stereocenters. The van der Waals surface area contributed by atoms with Gasteiger partial charge in [-0.05, 0) is 45.8 Å². The Morgan fingerprint density at radius 3 is 2.33 bits per heavy atom. The number of carbonyl (C=O) groups excluding carboxylic acids is 1. The van der Waals surface area contributed by atoms with E-state index in [1.165, 1.54) is 6.42 Å². The third kappa shape index (κ3) is 2.86. The highest BCUT2D eigenvalue weighted by molar-refractivity contribution is 5.86. The smallest absolute Gasteiger partial charge is 0.242 e. The number of likely N-dealkylation sites (N-methyl/N-ethyl adjacent to an activating group) is 1. The largest absolute Gasteiger partial charge is 0.341 e. The molecule has 0 aromatic carbocycles. The highest BCUT2D eigenvalue weighted by Gasteiger charge is 2.39. The highest BCUT2D eigenvalue weighted by Crippen LogP contribution is 2.29. The lowest BCUT2D eigenvalue weighted by Gasteiger charge is -2.41. The third-order valence-corrected chi connectivity index (χ3v) is 4.73. The summed E-state index contributed by atoms with van der Waals surface area (Å²) in [5.74, 6) is 0.178. The topological polar surface area (TPSA) is 49.6 Å². The molecular weight excluding hydrogens is 226 g/mol. The molecule has 0 atom stereocenters. The Hall–Kier alpha value is -0.610. The molecule has 1 aliphatic carbocycles. The molecule has 1 aliphatic heterocycles. The summed E-state index contributed by atoms with van der Waals surface area (Å²) in [5.41, 5.74) is 5.76. The van der Waals surface area contributed by atoms with Crippen LogP contribution in [0.15, 0.2) is 0 Å². The molecular formula is C14H27N3O. The van der Waals surface area contributed by atoms with E-state index in [1.807, 2.05) is 11.9 Å². The van der Waals surface area contributed by atoms with Gasteiger partial charge in [0.2, 0.25) is 5.91 Å². The van der Waals surface area contributed by atoms with Gasteiger partial charge in [-0.3, -0.25) is 4.79 Å². The van der Waals surface area contributed by atoms with Crippen LogP contribution in [0.4, 0.5) is 0 Å².